The van der Waals surface area contributed by atoms with Crippen molar-refractivity contribution in [2.75, 3.05) is 16.3 Å². The molecule has 0 saturated heterocycles. The third-order valence-electron chi connectivity index (χ3n) is 5.41. The van der Waals surface area contributed by atoms with E-state index in [0.29, 0.717) is 6.04 Å². The maximum Gasteiger partial charge on any atom is 0.159 e. The average Bonchev–Trinajstić information content (AvgIpc) is 3.07. The van der Waals surface area contributed by atoms with Crippen LogP contribution < -0.4 is 9.80 Å². The average molecular weight is 354 g/mol. The van der Waals surface area contributed by atoms with Gasteiger partial charge in [-0.25, -0.2) is 0 Å². The van der Waals surface area contributed by atoms with E-state index in [1.54, 1.807) is 0 Å². The third-order valence-corrected chi connectivity index (χ3v) is 5.41. The molecule has 1 aliphatic heterocycles. The Morgan fingerprint density at radius 1 is 0.852 bits per heavy atom. The number of aryl methyl sites for hydroxylation is 1. The molecule has 2 heterocycles. The molecular weight excluding hydrogens is 332 g/mol. The Labute approximate surface area is 159 Å². The molecule has 3 nitrogen and oxygen atoms in total. The molecule has 134 valence electrons. The molecule has 0 bridgehead atoms. The van der Waals surface area contributed by atoms with Crippen LogP contribution in [0.15, 0.2) is 83.5 Å². The van der Waals surface area contributed by atoms with Gasteiger partial charge in [0, 0.05) is 41.4 Å². The first-order valence-electron chi connectivity index (χ1n) is 9.41. The van der Waals surface area contributed by atoms with E-state index in [-0.39, 0.29) is 0 Å². The molecule has 0 saturated carbocycles. The summed E-state index contributed by atoms with van der Waals surface area (Å²) in [5.74, 6) is 0. The van der Waals surface area contributed by atoms with Crippen LogP contribution in [-0.2, 0) is 0 Å². The van der Waals surface area contributed by atoms with Crippen molar-refractivity contribution in [3.63, 3.8) is 0 Å². The molecule has 0 spiro atoms. The van der Waals surface area contributed by atoms with Gasteiger partial charge >= 0.3 is 0 Å². The summed E-state index contributed by atoms with van der Waals surface area (Å²) in [5.41, 5.74) is 5.53. The van der Waals surface area contributed by atoms with E-state index in [9.17, 15) is 0 Å². The van der Waals surface area contributed by atoms with Gasteiger partial charge < -0.3 is 14.2 Å². The summed E-state index contributed by atoms with van der Waals surface area (Å²) in [4.78, 5) is 4.65. The topological polar surface area (TPSA) is 19.6 Å². The van der Waals surface area contributed by atoms with Gasteiger partial charge in [0.05, 0.1) is 5.69 Å². The van der Waals surface area contributed by atoms with E-state index in [1.807, 2.05) is 12.1 Å². The summed E-state index contributed by atoms with van der Waals surface area (Å²) in [6.07, 6.45) is 4.34. The number of hydrogen-bond donors (Lipinski definition) is 0. The minimum Gasteiger partial charge on any atom is -0.454 e. The van der Waals surface area contributed by atoms with Crippen molar-refractivity contribution in [3.8, 4) is 0 Å². The fraction of sp³-hybridized carbons (Fsp3) is 0.167. The second-order valence-electron chi connectivity index (χ2n) is 7.25. The zero-order valence-corrected chi connectivity index (χ0v) is 15.6. The summed E-state index contributed by atoms with van der Waals surface area (Å²) in [6, 6.07) is 23.5. The van der Waals surface area contributed by atoms with Crippen LogP contribution in [0.25, 0.3) is 21.9 Å². The molecule has 0 amide bonds. The molecule has 0 aliphatic carbocycles. The first-order chi connectivity index (χ1) is 13.2. The maximum absolute atomic E-state index is 6.28. The molecule has 5 rings (SSSR count). The molecule has 1 aliphatic rings. The Balaban J connectivity index is 1.61. The van der Waals surface area contributed by atoms with E-state index < -0.39 is 0 Å². The predicted octanol–water partition coefficient (Wildman–Crippen LogP) is 6.08. The molecule has 3 aromatic carbocycles. The van der Waals surface area contributed by atoms with Gasteiger partial charge in [0.15, 0.2) is 5.58 Å². The number of benzene rings is 3. The fourth-order valence-electron chi connectivity index (χ4n) is 4.07. The summed E-state index contributed by atoms with van der Waals surface area (Å²) in [7, 11) is 0. The summed E-state index contributed by atoms with van der Waals surface area (Å²) >= 11 is 0. The summed E-state index contributed by atoms with van der Waals surface area (Å²) < 4.78 is 6.28. The number of para-hydroxylation sites is 2. The number of anilines is 2. The van der Waals surface area contributed by atoms with Crippen molar-refractivity contribution in [2.45, 2.75) is 19.9 Å². The molecule has 27 heavy (non-hydrogen) atoms. The molecule has 3 heteroatoms. The highest BCUT2D eigenvalue weighted by Gasteiger charge is 2.24. The second kappa shape index (κ2) is 6.20. The van der Waals surface area contributed by atoms with Crippen LogP contribution in [0.4, 0.5) is 11.4 Å². The van der Waals surface area contributed by atoms with Gasteiger partial charge in [-0.2, -0.15) is 0 Å². The minimum atomic E-state index is 0.358. The van der Waals surface area contributed by atoms with Crippen molar-refractivity contribution in [1.82, 2.24) is 0 Å². The lowest BCUT2D eigenvalue weighted by molar-refractivity contribution is 0.652. The van der Waals surface area contributed by atoms with E-state index in [1.165, 1.54) is 27.7 Å². The summed E-state index contributed by atoms with van der Waals surface area (Å²) in [6.45, 7) is 5.32. The quantitative estimate of drug-likeness (QED) is 0.435. The van der Waals surface area contributed by atoms with Crippen LogP contribution in [0.2, 0.25) is 0 Å². The highest BCUT2D eigenvalue weighted by atomic mass is 16.3. The Hall–Kier alpha value is -3.20. The van der Waals surface area contributed by atoms with E-state index in [0.717, 1.165) is 17.7 Å². The maximum atomic E-state index is 6.28. The van der Waals surface area contributed by atoms with Crippen LogP contribution in [0.1, 0.15) is 12.5 Å². The Morgan fingerprint density at radius 3 is 2.44 bits per heavy atom. The van der Waals surface area contributed by atoms with Crippen molar-refractivity contribution < 1.29 is 4.42 Å². The monoisotopic (exact) mass is 354 g/mol. The lowest BCUT2D eigenvalue weighted by atomic mass is 10.1. The molecule has 0 unspecified atom stereocenters. The molecule has 1 atom stereocenters. The molecule has 0 N–H and O–H groups in total. The van der Waals surface area contributed by atoms with Crippen molar-refractivity contribution in [2.24, 2.45) is 0 Å². The third kappa shape index (κ3) is 2.58. The first-order valence-corrected chi connectivity index (χ1v) is 9.41. The van der Waals surface area contributed by atoms with Crippen LogP contribution in [0.5, 0.6) is 0 Å². The number of hydrogen-bond acceptors (Lipinski definition) is 3. The van der Waals surface area contributed by atoms with Crippen LogP contribution in [-0.4, -0.2) is 12.6 Å². The highest BCUT2D eigenvalue weighted by Crippen LogP contribution is 2.38. The Bertz CT molecular complexity index is 1140. The number of fused-ring (bicyclic) bond motifs is 3. The lowest BCUT2D eigenvalue weighted by Gasteiger charge is -2.37. The predicted molar refractivity (Wildman–Crippen MR) is 113 cm³/mol. The number of nitrogens with zero attached hydrogens (tertiary/aromatic N) is 2. The lowest BCUT2D eigenvalue weighted by Crippen LogP contribution is -2.42. The van der Waals surface area contributed by atoms with Crippen molar-refractivity contribution >= 4 is 33.3 Å². The van der Waals surface area contributed by atoms with Crippen LogP contribution in [0.3, 0.4) is 0 Å². The van der Waals surface area contributed by atoms with E-state index in [4.69, 9.17) is 4.42 Å². The van der Waals surface area contributed by atoms with Crippen LogP contribution >= 0.6 is 0 Å². The fourth-order valence-corrected chi connectivity index (χ4v) is 4.07. The molecule has 0 fully saturated rings. The highest BCUT2D eigenvalue weighted by molar-refractivity contribution is 6.09. The van der Waals surface area contributed by atoms with Gasteiger partial charge in [-0.15, -0.1) is 0 Å². The summed E-state index contributed by atoms with van der Waals surface area (Å²) in [5, 5.41) is 2.35. The zero-order valence-electron chi connectivity index (χ0n) is 15.6. The van der Waals surface area contributed by atoms with Gasteiger partial charge in [-0.05, 0) is 37.6 Å². The smallest absolute Gasteiger partial charge is 0.159 e. The van der Waals surface area contributed by atoms with E-state index in [2.05, 4.69) is 90.6 Å². The van der Waals surface area contributed by atoms with Crippen molar-refractivity contribution in [3.05, 3.63) is 84.7 Å². The Morgan fingerprint density at radius 2 is 1.63 bits per heavy atom. The largest absolute Gasteiger partial charge is 0.454 e. The number of rotatable bonds is 2. The Kier molecular flexibility index (Phi) is 3.68. The molecule has 1 aromatic heterocycles. The van der Waals surface area contributed by atoms with Gasteiger partial charge in [0.2, 0.25) is 0 Å². The van der Waals surface area contributed by atoms with Gasteiger partial charge in [0.1, 0.15) is 5.58 Å². The molecule has 0 radical (unpaired) electrons. The minimum absolute atomic E-state index is 0.358. The SMILES string of the molecule is Cc1ccc2c(oc3ccccc32)c1N1C=CN(c2ccccc2)[C@H](C)C1. The van der Waals surface area contributed by atoms with Crippen molar-refractivity contribution in [1.29, 1.82) is 0 Å². The van der Waals surface area contributed by atoms with Gasteiger partial charge in [-0.1, -0.05) is 48.5 Å². The zero-order chi connectivity index (χ0) is 18.4. The standard InChI is InChI=1S/C24H22N2O/c1-17-12-13-21-20-10-6-7-11-22(20)27-24(21)23(17)25-14-15-26(18(2)16-25)19-8-4-3-5-9-19/h3-15,18H,16H2,1-2H3/t18-/m1/s1. The number of furan rings is 1. The molecular formula is C24H22N2O. The van der Waals surface area contributed by atoms with Crippen LogP contribution in [0, 0.1) is 6.92 Å². The normalized spacial score (nSPS) is 17.2. The van der Waals surface area contributed by atoms with Gasteiger partial charge in [-0.3, -0.25) is 0 Å². The molecule has 4 aromatic rings. The van der Waals surface area contributed by atoms with E-state index >= 15 is 0 Å². The first kappa shape index (κ1) is 16.0. The second-order valence-corrected chi connectivity index (χ2v) is 7.25. The van der Waals surface area contributed by atoms with Gasteiger partial charge in [0.25, 0.3) is 0 Å².